The van der Waals surface area contributed by atoms with Crippen LogP contribution in [0.4, 0.5) is 0 Å². The SMILES string of the molecule is CCNC(=NCc1nnc2n1CCCCC2)N1CCC(C(=O)OCC)CC1. The molecule has 1 N–H and O–H groups in total. The fourth-order valence-electron chi connectivity index (χ4n) is 3.82. The Morgan fingerprint density at radius 3 is 2.74 bits per heavy atom. The van der Waals surface area contributed by atoms with Gasteiger partial charge >= 0.3 is 5.97 Å². The molecule has 1 aromatic rings. The maximum absolute atomic E-state index is 11.9. The first-order valence-corrected chi connectivity index (χ1v) is 10.3. The van der Waals surface area contributed by atoms with Gasteiger partial charge in [-0.15, -0.1) is 10.2 Å². The van der Waals surface area contributed by atoms with E-state index >= 15 is 0 Å². The molecular formula is C19H32N6O2. The van der Waals surface area contributed by atoms with E-state index in [0.29, 0.717) is 13.2 Å². The second-order valence-electron chi connectivity index (χ2n) is 7.18. The van der Waals surface area contributed by atoms with E-state index in [2.05, 4.69) is 31.9 Å². The number of rotatable bonds is 5. The molecule has 2 aliphatic rings. The van der Waals surface area contributed by atoms with Crippen molar-refractivity contribution in [1.29, 1.82) is 0 Å². The predicted molar refractivity (Wildman–Crippen MR) is 103 cm³/mol. The smallest absolute Gasteiger partial charge is 0.309 e. The molecule has 3 rings (SSSR count). The Labute approximate surface area is 161 Å². The van der Waals surface area contributed by atoms with Crippen molar-refractivity contribution in [3.8, 4) is 0 Å². The zero-order valence-electron chi connectivity index (χ0n) is 16.6. The molecule has 0 radical (unpaired) electrons. The number of carbonyl (C=O) groups excluding carboxylic acids is 1. The number of aromatic nitrogens is 3. The van der Waals surface area contributed by atoms with E-state index in [4.69, 9.17) is 9.73 Å². The highest BCUT2D eigenvalue weighted by atomic mass is 16.5. The number of nitrogens with one attached hydrogen (secondary N) is 1. The van der Waals surface area contributed by atoms with Gasteiger partial charge in [0.05, 0.1) is 12.5 Å². The normalized spacial score (nSPS) is 18.7. The number of ether oxygens (including phenoxy) is 1. The summed E-state index contributed by atoms with van der Waals surface area (Å²) in [5.74, 6) is 2.88. The highest BCUT2D eigenvalue weighted by Gasteiger charge is 2.27. The van der Waals surface area contributed by atoms with Crippen LogP contribution in [0.25, 0.3) is 0 Å². The summed E-state index contributed by atoms with van der Waals surface area (Å²) in [5, 5.41) is 12.1. The summed E-state index contributed by atoms with van der Waals surface area (Å²) >= 11 is 0. The maximum atomic E-state index is 11.9. The lowest BCUT2D eigenvalue weighted by molar-refractivity contribution is -0.149. The van der Waals surface area contributed by atoms with Crippen molar-refractivity contribution in [3.05, 3.63) is 11.6 Å². The Bertz CT molecular complexity index is 649. The highest BCUT2D eigenvalue weighted by molar-refractivity contribution is 5.80. The summed E-state index contributed by atoms with van der Waals surface area (Å²) in [7, 11) is 0. The Balaban J connectivity index is 1.62. The molecule has 0 aliphatic carbocycles. The van der Waals surface area contributed by atoms with Gasteiger partial charge in [-0.1, -0.05) is 6.42 Å². The van der Waals surface area contributed by atoms with Gasteiger partial charge in [-0.2, -0.15) is 0 Å². The second kappa shape index (κ2) is 9.71. The van der Waals surface area contributed by atoms with Gasteiger partial charge in [0.1, 0.15) is 12.4 Å². The van der Waals surface area contributed by atoms with Gasteiger partial charge in [0, 0.05) is 32.6 Å². The van der Waals surface area contributed by atoms with E-state index in [0.717, 1.165) is 63.0 Å². The lowest BCUT2D eigenvalue weighted by Crippen LogP contribution is -2.46. The predicted octanol–water partition coefficient (Wildman–Crippen LogP) is 1.75. The van der Waals surface area contributed by atoms with E-state index in [1.807, 2.05) is 6.92 Å². The Morgan fingerprint density at radius 1 is 1.19 bits per heavy atom. The minimum atomic E-state index is -0.0646. The average Bonchev–Trinajstić information content (AvgIpc) is 2.91. The second-order valence-corrected chi connectivity index (χ2v) is 7.18. The van der Waals surface area contributed by atoms with Crippen molar-refractivity contribution < 1.29 is 9.53 Å². The van der Waals surface area contributed by atoms with Gasteiger partial charge in [-0.05, 0) is 39.5 Å². The van der Waals surface area contributed by atoms with Crippen LogP contribution in [-0.2, 0) is 29.0 Å². The standard InChI is InChI=1S/C19H32N6O2/c1-3-20-19(24-12-9-15(10-13-24)18(26)27-4-2)21-14-17-23-22-16-8-6-5-7-11-25(16)17/h15H,3-14H2,1-2H3,(H,20,21). The molecule has 0 atom stereocenters. The van der Waals surface area contributed by atoms with Crippen molar-refractivity contribution in [2.45, 2.75) is 65.5 Å². The van der Waals surface area contributed by atoms with Crippen molar-refractivity contribution >= 4 is 11.9 Å². The molecule has 27 heavy (non-hydrogen) atoms. The molecule has 0 aromatic carbocycles. The molecule has 1 fully saturated rings. The average molecular weight is 377 g/mol. The van der Waals surface area contributed by atoms with E-state index in [9.17, 15) is 4.79 Å². The molecule has 8 nitrogen and oxygen atoms in total. The summed E-state index contributed by atoms with van der Waals surface area (Å²) in [6, 6.07) is 0. The molecule has 0 spiro atoms. The number of fused-ring (bicyclic) bond motifs is 1. The first-order chi connectivity index (χ1) is 13.2. The minimum absolute atomic E-state index is 0.0105. The summed E-state index contributed by atoms with van der Waals surface area (Å²) in [6.45, 7) is 8.35. The van der Waals surface area contributed by atoms with E-state index in [-0.39, 0.29) is 11.9 Å². The molecule has 0 bridgehead atoms. The van der Waals surface area contributed by atoms with Crippen LogP contribution in [-0.4, -0.2) is 57.8 Å². The number of aliphatic imine (C=N–C) groups is 1. The Morgan fingerprint density at radius 2 is 2.00 bits per heavy atom. The number of nitrogens with zero attached hydrogens (tertiary/aromatic N) is 5. The van der Waals surface area contributed by atoms with Gasteiger partial charge in [-0.3, -0.25) is 4.79 Å². The summed E-state index contributed by atoms with van der Waals surface area (Å²) in [6.07, 6.45) is 6.26. The Kier molecular flexibility index (Phi) is 7.06. The maximum Gasteiger partial charge on any atom is 0.309 e. The number of hydrogen-bond donors (Lipinski definition) is 1. The van der Waals surface area contributed by atoms with Crippen molar-refractivity contribution in [3.63, 3.8) is 0 Å². The van der Waals surface area contributed by atoms with Crippen LogP contribution >= 0.6 is 0 Å². The zero-order chi connectivity index (χ0) is 19.1. The van der Waals surface area contributed by atoms with E-state index < -0.39 is 0 Å². The number of guanidine groups is 1. The molecule has 150 valence electrons. The topological polar surface area (TPSA) is 84.6 Å². The van der Waals surface area contributed by atoms with Crippen LogP contribution in [0.3, 0.4) is 0 Å². The van der Waals surface area contributed by atoms with Crippen LogP contribution in [0.5, 0.6) is 0 Å². The quantitative estimate of drug-likeness (QED) is 0.479. The van der Waals surface area contributed by atoms with Gasteiger partial charge in [-0.25, -0.2) is 4.99 Å². The number of piperidine rings is 1. The first-order valence-electron chi connectivity index (χ1n) is 10.3. The van der Waals surface area contributed by atoms with Gasteiger partial charge in [0.2, 0.25) is 0 Å². The van der Waals surface area contributed by atoms with Gasteiger partial charge < -0.3 is 19.5 Å². The van der Waals surface area contributed by atoms with Crippen LogP contribution < -0.4 is 5.32 Å². The molecule has 0 unspecified atom stereocenters. The lowest BCUT2D eigenvalue weighted by Gasteiger charge is -2.33. The largest absolute Gasteiger partial charge is 0.466 e. The van der Waals surface area contributed by atoms with Crippen molar-refractivity contribution in [1.82, 2.24) is 25.0 Å². The molecule has 8 heteroatoms. The van der Waals surface area contributed by atoms with Crippen molar-refractivity contribution in [2.75, 3.05) is 26.2 Å². The number of likely N-dealkylation sites (tertiary alicyclic amines) is 1. The molecule has 2 aliphatic heterocycles. The minimum Gasteiger partial charge on any atom is -0.466 e. The van der Waals surface area contributed by atoms with Crippen LogP contribution in [0.2, 0.25) is 0 Å². The molecule has 0 saturated carbocycles. The highest BCUT2D eigenvalue weighted by Crippen LogP contribution is 2.19. The Hall–Kier alpha value is -2.12. The monoisotopic (exact) mass is 376 g/mol. The fraction of sp³-hybridized carbons (Fsp3) is 0.789. The third kappa shape index (κ3) is 4.99. The van der Waals surface area contributed by atoms with Crippen LogP contribution in [0.15, 0.2) is 4.99 Å². The van der Waals surface area contributed by atoms with Gasteiger partial charge in [0.15, 0.2) is 11.8 Å². The fourth-order valence-corrected chi connectivity index (χ4v) is 3.82. The molecule has 1 aromatic heterocycles. The molecule has 3 heterocycles. The number of hydrogen-bond acceptors (Lipinski definition) is 5. The van der Waals surface area contributed by atoms with E-state index in [1.54, 1.807) is 0 Å². The van der Waals surface area contributed by atoms with Crippen LogP contribution in [0.1, 0.15) is 57.6 Å². The number of aryl methyl sites for hydroxylation is 1. The third-order valence-electron chi connectivity index (χ3n) is 5.31. The molecule has 1 saturated heterocycles. The summed E-state index contributed by atoms with van der Waals surface area (Å²) < 4.78 is 7.41. The zero-order valence-corrected chi connectivity index (χ0v) is 16.6. The summed E-state index contributed by atoms with van der Waals surface area (Å²) in [5.41, 5.74) is 0. The van der Waals surface area contributed by atoms with Gasteiger partial charge in [0.25, 0.3) is 0 Å². The summed E-state index contributed by atoms with van der Waals surface area (Å²) in [4.78, 5) is 19.0. The number of esters is 1. The van der Waals surface area contributed by atoms with Crippen LogP contribution in [0, 0.1) is 5.92 Å². The molecular weight excluding hydrogens is 344 g/mol. The lowest BCUT2D eigenvalue weighted by atomic mass is 9.97. The molecule has 0 amide bonds. The third-order valence-corrected chi connectivity index (χ3v) is 5.31. The van der Waals surface area contributed by atoms with E-state index in [1.165, 1.54) is 19.3 Å². The first kappa shape index (κ1) is 19.6. The van der Waals surface area contributed by atoms with Crippen molar-refractivity contribution in [2.24, 2.45) is 10.9 Å². The number of carbonyl (C=O) groups is 1.